The van der Waals surface area contributed by atoms with Gasteiger partial charge in [-0.1, -0.05) is 23.2 Å². The van der Waals surface area contributed by atoms with Crippen LogP contribution in [0.2, 0.25) is 10.0 Å². The van der Waals surface area contributed by atoms with Crippen molar-refractivity contribution in [2.75, 3.05) is 11.8 Å². The van der Waals surface area contributed by atoms with Gasteiger partial charge >= 0.3 is 0 Å². The molecule has 0 atom stereocenters. The number of aromatic nitrogens is 2. The minimum Gasteiger partial charge on any atom is -0.316 e. The molecule has 0 aliphatic rings. The standard InChI is InChI=1S/C12H14Cl2N4O2S/c1-7-3-10(14)11(4-9(7)13)18-21(19,20)12-8(5-15-2)6-16-17-12/h3-4,6,15,18H,5H2,1-2H3,(H,16,17). The molecule has 1 heterocycles. The van der Waals surface area contributed by atoms with E-state index in [4.69, 9.17) is 23.2 Å². The molecule has 1 aromatic heterocycles. The average Bonchev–Trinajstić information content (AvgIpc) is 2.85. The summed E-state index contributed by atoms with van der Waals surface area (Å²) >= 11 is 12.0. The van der Waals surface area contributed by atoms with Crippen LogP contribution in [0.15, 0.2) is 23.4 Å². The van der Waals surface area contributed by atoms with E-state index in [-0.39, 0.29) is 15.7 Å². The summed E-state index contributed by atoms with van der Waals surface area (Å²) in [5, 5.41) is 9.81. The number of H-pyrrole nitrogens is 1. The van der Waals surface area contributed by atoms with Gasteiger partial charge in [0, 0.05) is 17.1 Å². The summed E-state index contributed by atoms with van der Waals surface area (Å²) in [6.07, 6.45) is 1.45. The second-order valence-electron chi connectivity index (χ2n) is 4.44. The lowest BCUT2D eigenvalue weighted by Gasteiger charge is -2.11. The second-order valence-corrected chi connectivity index (χ2v) is 6.88. The van der Waals surface area contributed by atoms with E-state index in [2.05, 4.69) is 20.2 Å². The van der Waals surface area contributed by atoms with Crippen LogP contribution in [0.3, 0.4) is 0 Å². The first-order chi connectivity index (χ1) is 9.85. The monoisotopic (exact) mass is 348 g/mol. The maximum Gasteiger partial charge on any atom is 0.279 e. The first-order valence-electron chi connectivity index (χ1n) is 6.00. The van der Waals surface area contributed by atoms with Crippen LogP contribution in [0.25, 0.3) is 0 Å². The third-order valence-corrected chi connectivity index (χ3v) is 4.91. The van der Waals surface area contributed by atoms with Gasteiger partial charge in [-0.2, -0.15) is 13.5 Å². The maximum absolute atomic E-state index is 12.4. The van der Waals surface area contributed by atoms with E-state index in [1.165, 1.54) is 12.3 Å². The molecular formula is C12H14Cl2N4O2S. The molecule has 2 rings (SSSR count). The van der Waals surface area contributed by atoms with Crippen LogP contribution in [0.1, 0.15) is 11.1 Å². The molecule has 114 valence electrons. The molecule has 1 aromatic carbocycles. The van der Waals surface area contributed by atoms with E-state index >= 15 is 0 Å². The van der Waals surface area contributed by atoms with Gasteiger partial charge in [0.1, 0.15) is 0 Å². The fourth-order valence-electron chi connectivity index (χ4n) is 1.77. The largest absolute Gasteiger partial charge is 0.316 e. The summed E-state index contributed by atoms with van der Waals surface area (Å²) in [5.74, 6) is 0. The molecule has 0 aliphatic carbocycles. The smallest absolute Gasteiger partial charge is 0.279 e. The number of nitrogens with one attached hydrogen (secondary N) is 3. The Morgan fingerprint density at radius 1 is 1.29 bits per heavy atom. The molecule has 3 N–H and O–H groups in total. The fourth-order valence-corrected chi connectivity index (χ4v) is 3.46. The van der Waals surface area contributed by atoms with Gasteiger partial charge in [-0.05, 0) is 31.7 Å². The van der Waals surface area contributed by atoms with Gasteiger partial charge in [0.25, 0.3) is 10.0 Å². The zero-order valence-corrected chi connectivity index (χ0v) is 13.7. The summed E-state index contributed by atoms with van der Waals surface area (Å²) in [6.45, 7) is 2.15. The topological polar surface area (TPSA) is 86.9 Å². The first kappa shape index (κ1) is 16.1. The van der Waals surface area contributed by atoms with E-state index in [0.29, 0.717) is 17.1 Å². The quantitative estimate of drug-likeness (QED) is 0.774. The molecule has 0 fully saturated rings. The van der Waals surface area contributed by atoms with Crippen LogP contribution < -0.4 is 10.0 Å². The Kier molecular flexibility index (Phi) is 4.77. The molecule has 0 spiro atoms. The summed E-state index contributed by atoms with van der Waals surface area (Å²) in [5.41, 5.74) is 1.51. The molecule has 2 aromatic rings. The number of halogens is 2. The zero-order chi connectivity index (χ0) is 15.6. The van der Waals surface area contributed by atoms with Gasteiger partial charge < -0.3 is 5.32 Å². The number of nitrogens with zero attached hydrogens (tertiary/aromatic N) is 1. The predicted octanol–water partition coefficient (Wildman–Crippen LogP) is 2.55. The molecular weight excluding hydrogens is 335 g/mol. The van der Waals surface area contributed by atoms with Crippen molar-refractivity contribution >= 4 is 38.9 Å². The summed E-state index contributed by atoms with van der Waals surface area (Å²) in [6, 6.07) is 3.08. The number of benzene rings is 1. The van der Waals surface area contributed by atoms with Crippen LogP contribution >= 0.6 is 23.2 Å². The lowest BCUT2D eigenvalue weighted by molar-refractivity contribution is 0.595. The predicted molar refractivity (Wildman–Crippen MR) is 83.4 cm³/mol. The number of hydrogen-bond donors (Lipinski definition) is 3. The van der Waals surface area contributed by atoms with Gasteiger partial charge in [-0.3, -0.25) is 9.82 Å². The molecule has 0 saturated heterocycles. The van der Waals surface area contributed by atoms with Crippen LogP contribution in [0.5, 0.6) is 0 Å². The van der Waals surface area contributed by atoms with Gasteiger partial charge in [0.05, 0.1) is 16.9 Å². The number of aryl methyl sites for hydroxylation is 1. The van der Waals surface area contributed by atoms with Gasteiger partial charge in [0.2, 0.25) is 0 Å². The Hall–Kier alpha value is -1.28. The highest BCUT2D eigenvalue weighted by Crippen LogP contribution is 2.30. The molecule has 0 amide bonds. The van der Waals surface area contributed by atoms with Crippen molar-refractivity contribution in [1.29, 1.82) is 0 Å². The molecule has 0 radical (unpaired) electrons. The number of rotatable bonds is 5. The van der Waals surface area contributed by atoms with Crippen LogP contribution in [0, 0.1) is 6.92 Å². The summed E-state index contributed by atoms with van der Waals surface area (Å²) in [4.78, 5) is 0. The Labute approximate surface area is 132 Å². The molecule has 21 heavy (non-hydrogen) atoms. The summed E-state index contributed by atoms with van der Waals surface area (Å²) in [7, 11) is -2.11. The van der Waals surface area contributed by atoms with Crippen molar-refractivity contribution in [1.82, 2.24) is 15.5 Å². The SMILES string of the molecule is CNCc1cn[nH]c1S(=O)(=O)Nc1cc(Cl)c(C)cc1Cl. The molecule has 0 bridgehead atoms. The highest BCUT2D eigenvalue weighted by Gasteiger charge is 2.22. The fraction of sp³-hybridized carbons (Fsp3) is 0.250. The molecule has 9 heteroatoms. The number of sulfonamides is 1. The third kappa shape index (κ3) is 3.49. The van der Waals surface area contributed by atoms with Crippen molar-refractivity contribution in [2.24, 2.45) is 0 Å². The van der Waals surface area contributed by atoms with Crippen molar-refractivity contribution in [3.63, 3.8) is 0 Å². The highest BCUT2D eigenvalue weighted by molar-refractivity contribution is 7.92. The van der Waals surface area contributed by atoms with Crippen molar-refractivity contribution in [3.05, 3.63) is 39.5 Å². The van der Waals surface area contributed by atoms with E-state index in [0.717, 1.165) is 5.56 Å². The zero-order valence-electron chi connectivity index (χ0n) is 11.4. The molecule has 0 saturated carbocycles. The van der Waals surface area contributed by atoms with E-state index < -0.39 is 10.0 Å². The van der Waals surface area contributed by atoms with Gasteiger partial charge in [-0.15, -0.1) is 0 Å². The van der Waals surface area contributed by atoms with Crippen LogP contribution in [0.4, 0.5) is 5.69 Å². The Bertz CT molecular complexity index is 759. The van der Waals surface area contributed by atoms with E-state index in [1.807, 2.05) is 0 Å². The van der Waals surface area contributed by atoms with E-state index in [1.54, 1.807) is 20.0 Å². The highest BCUT2D eigenvalue weighted by atomic mass is 35.5. The maximum atomic E-state index is 12.4. The molecule has 0 unspecified atom stereocenters. The van der Waals surface area contributed by atoms with Crippen LogP contribution in [-0.2, 0) is 16.6 Å². The van der Waals surface area contributed by atoms with Gasteiger partial charge in [-0.25, -0.2) is 0 Å². The molecule has 0 aliphatic heterocycles. The first-order valence-corrected chi connectivity index (χ1v) is 8.24. The second kappa shape index (κ2) is 6.23. The Morgan fingerprint density at radius 3 is 2.67 bits per heavy atom. The van der Waals surface area contributed by atoms with Crippen LogP contribution in [-0.4, -0.2) is 25.7 Å². The Balaban J connectivity index is 2.38. The normalized spacial score (nSPS) is 11.6. The lowest BCUT2D eigenvalue weighted by Crippen LogP contribution is -2.17. The third-order valence-electron chi connectivity index (χ3n) is 2.81. The van der Waals surface area contributed by atoms with Crippen molar-refractivity contribution < 1.29 is 8.42 Å². The van der Waals surface area contributed by atoms with Crippen molar-refractivity contribution in [2.45, 2.75) is 18.5 Å². The lowest BCUT2D eigenvalue weighted by atomic mass is 10.2. The average molecular weight is 349 g/mol. The minimum atomic E-state index is -3.83. The van der Waals surface area contributed by atoms with Gasteiger partial charge in [0.15, 0.2) is 5.03 Å². The van der Waals surface area contributed by atoms with E-state index in [9.17, 15) is 8.42 Å². The Morgan fingerprint density at radius 2 is 2.00 bits per heavy atom. The van der Waals surface area contributed by atoms with Crippen molar-refractivity contribution in [3.8, 4) is 0 Å². The number of aromatic amines is 1. The number of anilines is 1. The molecule has 6 nitrogen and oxygen atoms in total. The summed E-state index contributed by atoms with van der Waals surface area (Å²) < 4.78 is 27.2. The minimum absolute atomic E-state index is 0.00962. The number of hydrogen-bond acceptors (Lipinski definition) is 4.